The number of hydrogen-bond acceptors (Lipinski definition) is 6. The minimum atomic E-state index is 0.223. The van der Waals surface area contributed by atoms with Gasteiger partial charge in [-0.25, -0.2) is 9.97 Å². The lowest BCUT2D eigenvalue weighted by Gasteiger charge is -2.28. The third kappa shape index (κ3) is 2.90. The van der Waals surface area contributed by atoms with E-state index in [9.17, 15) is 5.11 Å². The lowest BCUT2D eigenvalue weighted by molar-refractivity contribution is 0.122. The van der Waals surface area contributed by atoms with Gasteiger partial charge < -0.3 is 19.5 Å². The molecule has 0 amide bonds. The van der Waals surface area contributed by atoms with Gasteiger partial charge in [0, 0.05) is 18.7 Å². The van der Waals surface area contributed by atoms with Crippen LogP contribution >= 0.6 is 0 Å². The van der Waals surface area contributed by atoms with Gasteiger partial charge in [-0.05, 0) is 24.3 Å². The summed E-state index contributed by atoms with van der Waals surface area (Å²) in [4.78, 5) is 11.1. The molecule has 0 bridgehead atoms. The summed E-state index contributed by atoms with van der Waals surface area (Å²) in [5.41, 5.74) is 0.852. The summed E-state index contributed by atoms with van der Waals surface area (Å²) in [6, 6.07) is 6.83. The molecule has 0 atom stereocenters. The third-order valence-corrected chi connectivity index (χ3v) is 3.39. The summed E-state index contributed by atoms with van der Waals surface area (Å²) in [6.07, 6.45) is 1.68. The fraction of sp³-hybridized carbons (Fsp3) is 0.333. The number of anilines is 1. The smallest absolute Gasteiger partial charge is 0.179 e. The molecule has 1 fully saturated rings. The van der Waals surface area contributed by atoms with Crippen LogP contribution < -0.4 is 9.64 Å². The van der Waals surface area contributed by atoms with Crippen molar-refractivity contribution in [2.24, 2.45) is 0 Å². The maximum atomic E-state index is 9.36. The predicted molar refractivity (Wildman–Crippen MR) is 78.7 cm³/mol. The van der Waals surface area contributed by atoms with Crippen LogP contribution in [0, 0.1) is 0 Å². The van der Waals surface area contributed by atoms with Crippen LogP contribution in [0.5, 0.6) is 11.5 Å². The van der Waals surface area contributed by atoms with Crippen LogP contribution in [0.2, 0.25) is 0 Å². The molecule has 3 rings (SSSR count). The van der Waals surface area contributed by atoms with E-state index in [0.717, 1.165) is 24.5 Å². The van der Waals surface area contributed by atoms with Crippen molar-refractivity contribution in [3.8, 4) is 22.9 Å². The van der Waals surface area contributed by atoms with Crippen molar-refractivity contribution in [1.82, 2.24) is 9.97 Å². The van der Waals surface area contributed by atoms with Crippen LogP contribution in [0.1, 0.15) is 0 Å². The van der Waals surface area contributed by atoms with Crippen LogP contribution in [0.25, 0.3) is 11.4 Å². The Morgan fingerprint density at radius 1 is 1.19 bits per heavy atom. The van der Waals surface area contributed by atoms with Crippen LogP contribution in [0.15, 0.2) is 30.5 Å². The summed E-state index contributed by atoms with van der Waals surface area (Å²) < 4.78 is 10.7. The number of methoxy groups -OCH3 is 1. The predicted octanol–water partition coefficient (Wildman–Crippen LogP) is 1.69. The quantitative estimate of drug-likeness (QED) is 0.926. The van der Waals surface area contributed by atoms with Gasteiger partial charge in [0.2, 0.25) is 0 Å². The molecule has 6 heteroatoms. The minimum absolute atomic E-state index is 0.223. The SMILES string of the molecule is COc1cnc(-c2ccc(O)cc2)nc1N1CCOCC1. The normalized spacial score (nSPS) is 15.0. The fourth-order valence-corrected chi connectivity index (χ4v) is 2.26. The highest BCUT2D eigenvalue weighted by atomic mass is 16.5. The molecule has 1 aliphatic rings. The van der Waals surface area contributed by atoms with Crippen molar-refractivity contribution in [2.45, 2.75) is 0 Å². The lowest BCUT2D eigenvalue weighted by Crippen LogP contribution is -2.37. The molecule has 0 unspecified atom stereocenters. The number of rotatable bonds is 3. The Morgan fingerprint density at radius 3 is 2.57 bits per heavy atom. The van der Waals surface area contributed by atoms with E-state index in [1.807, 2.05) is 0 Å². The van der Waals surface area contributed by atoms with E-state index in [2.05, 4.69) is 14.9 Å². The maximum Gasteiger partial charge on any atom is 0.179 e. The average Bonchev–Trinajstić information content (AvgIpc) is 2.56. The average molecular weight is 287 g/mol. The summed E-state index contributed by atoms with van der Waals surface area (Å²) >= 11 is 0. The minimum Gasteiger partial charge on any atom is -0.508 e. The van der Waals surface area contributed by atoms with Gasteiger partial charge in [0.1, 0.15) is 5.75 Å². The van der Waals surface area contributed by atoms with Gasteiger partial charge in [-0.1, -0.05) is 0 Å². The highest BCUT2D eigenvalue weighted by molar-refractivity contribution is 5.61. The topological polar surface area (TPSA) is 67.7 Å². The second-order valence-electron chi connectivity index (χ2n) is 4.73. The molecule has 2 heterocycles. The number of aromatic hydroxyl groups is 1. The van der Waals surface area contributed by atoms with Crippen molar-refractivity contribution in [3.63, 3.8) is 0 Å². The first-order valence-corrected chi connectivity index (χ1v) is 6.81. The molecule has 110 valence electrons. The van der Waals surface area contributed by atoms with Gasteiger partial charge in [0.05, 0.1) is 26.5 Å². The molecule has 1 aliphatic heterocycles. The highest BCUT2D eigenvalue weighted by Gasteiger charge is 2.18. The molecule has 0 spiro atoms. The van der Waals surface area contributed by atoms with Gasteiger partial charge in [-0.3, -0.25) is 0 Å². The summed E-state index contributed by atoms with van der Waals surface area (Å²) in [6.45, 7) is 2.92. The lowest BCUT2D eigenvalue weighted by atomic mass is 10.2. The van der Waals surface area contributed by atoms with Gasteiger partial charge in [0.15, 0.2) is 17.4 Å². The molecular weight excluding hydrogens is 270 g/mol. The summed E-state index contributed by atoms with van der Waals surface area (Å²) in [5.74, 6) is 2.26. The van der Waals surface area contributed by atoms with Crippen molar-refractivity contribution < 1.29 is 14.6 Å². The number of nitrogens with zero attached hydrogens (tertiary/aromatic N) is 3. The zero-order chi connectivity index (χ0) is 14.7. The van der Waals surface area contributed by atoms with Crippen LogP contribution in [0.4, 0.5) is 5.82 Å². The van der Waals surface area contributed by atoms with E-state index in [-0.39, 0.29) is 5.75 Å². The number of phenolic OH excluding ortho intramolecular Hbond substituents is 1. The first kappa shape index (κ1) is 13.6. The second kappa shape index (κ2) is 5.97. The van der Waals surface area contributed by atoms with Gasteiger partial charge in [0.25, 0.3) is 0 Å². The Hall–Kier alpha value is -2.34. The van der Waals surface area contributed by atoms with Crippen LogP contribution in [-0.2, 0) is 4.74 Å². The maximum absolute atomic E-state index is 9.36. The van der Waals surface area contributed by atoms with Gasteiger partial charge in [-0.15, -0.1) is 0 Å². The summed E-state index contributed by atoms with van der Waals surface area (Å²) in [7, 11) is 1.61. The first-order chi connectivity index (χ1) is 10.3. The highest BCUT2D eigenvalue weighted by Crippen LogP contribution is 2.28. The third-order valence-electron chi connectivity index (χ3n) is 3.39. The summed E-state index contributed by atoms with van der Waals surface area (Å²) in [5, 5.41) is 9.36. The monoisotopic (exact) mass is 287 g/mol. The number of morpholine rings is 1. The van der Waals surface area contributed by atoms with E-state index in [1.54, 1.807) is 37.6 Å². The van der Waals surface area contributed by atoms with Gasteiger partial charge in [-0.2, -0.15) is 0 Å². The number of ether oxygens (including phenoxy) is 2. The molecule has 1 aromatic carbocycles. The van der Waals surface area contributed by atoms with E-state index in [1.165, 1.54) is 0 Å². The molecule has 0 aliphatic carbocycles. The fourth-order valence-electron chi connectivity index (χ4n) is 2.26. The molecule has 0 radical (unpaired) electrons. The Kier molecular flexibility index (Phi) is 3.87. The largest absolute Gasteiger partial charge is 0.508 e. The van der Waals surface area contributed by atoms with Crippen LogP contribution in [-0.4, -0.2) is 48.5 Å². The molecular formula is C15H17N3O3. The van der Waals surface area contributed by atoms with Crippen LogP contribution in [0.3, 0.4) is 0 Å². The zero-order valence-electron chi connectivity index (χ0n) is 11.8. The van der Waals surface area contributed by atoms with E-state index in [0.29, 0.717) is 24.8 Å². The molecule has 1 saturated heterocycles. The number of hydrogen-bond donors (Lipinski definition) is 1. The first-order valence-electron chi connectivity index (χ1n) is 6.81. The second-order valence-corrected chi connectivity index (χ2v) is 4.73. The van der Waals surface area contributed by atoms with E-state index < -0.39 is 0 Å². The standard InChI is InChI=1S/C15H17N3O3/c1-20-13-10-16-14(11-2-4-12(19)5-3-11)17-15(13)18-6-8-21-9-7-18/h2-5,10,19H,6-9H2,1H3. The molecule has 21 heavy (non-hydrogen) atoms. The molecule has 1 N–H and O–H groups in total. The molecule has 2 aromatic rings. The van der Waals surface area contributed by atoms with Gasteiger partial charge >= 0.3 is 0 Å². The van der Waals surface area contributed by atoms with Crippen molar-refractivity contribution in [2.75, 3.05) is 38.3 Å². The van der Waals surface area contributed by atoms with E-state index >= 15 is 0 Å². The Labute approximate surface area is 123 Å². The Balaban J connectivity index is 1.97. The number of benzene rings is 1. The Morgan fingerprint density at radius 2 is 1.90 bits per heavy atom. The number of aromatic nitrogens is 2. The molecule has 1 aromatic heterocycles. The number of phenols is 1. The Bertz CT molecular complexity index is 610. The van der Waals surface area contributed by atoms with Crippen molar-refractivity contribution in [1.29, 1.82) is 0 Å². The van der Waals surface area contributed by atoms with Crippen molar-refractivity contribution in [3.05, 3.63) is 30.5 Å². The molecule has 0 saturated carbocycles. The van der Waals surface area contributed by atoms with E-state index in [4.69, 9.17) is 9.47 Å². The van der Waals surface area contributed by atoms with Crippen molar-refractivity contribution >= 4 is 5.82 Å². The zero-order valence-corrected chi connectivity index (χ0v) is 11.8. The molecule has 6 nitrogen and oxygen atoms in total.